The number of benzene rings is 2. The van der Waals surface area contributed by atoms with E-state index in [0.717, 1.165) is 11.8 Å². The Labute approximate surface area is 140 Å². The monoisotopic (exact) mass is 329 g/mol. The second-order valence-electron chi connectivity index (χ2n) is 4.92. The van der Waals surface area contributed by atoms with E-state index in [1.807, 2.05) is 30.3 Å². The third-order valence-electron chi connectivity index (χ3n) is 3.14. The number of hydrogen-bond donors (Lipinski definition) is 0. The van der Waals surface area contributed by atoms with Crippen molar-refractivity contribution in [1.82, 2.24) is 0 Å². The quantitative estimate of drug-likeness (QED) is 0.400. The fraction of sp³-hybridized carbons (Fsp3) is 0.222. The Morgan fingerprint density at radius 3 is 2.54 bits per heavy atom. The van der Waals surface area contributed by atoms with E-state index in [9.17, 15) is 10.1 Å². The van der Waals surface area contributed by atoms with Gasteiger partial charge in [0.2, 0.25) is 6.20 Å². The zero-order valence-electron chi connectivity index (χ0n) is 13.4. The van der Waals surface area contributed by atoms with E-state index in [4.69, 9.17) is 14.2 Å². The molecule has 0 spiro atoms. The first kappa shape index (κ1) is 17.5. The molecule has 0 radical (unpaired) electrons. The van der Waals surface area contributed by atoms with Crippen LogP contribution in [0.25, 0.3) is 6.08 Å². The second-order valence-corrected chi connectivity index (χ2v) is 4.92. The van der Waals surface area contributed by atoms with E-state index in [1.54, 1.807) is 25.3 Å². The van der Waals surface area contributed by atoms with Gasteiger partial charge >= 0.3 is 0 Å². The van der Waals surface area contributed by atoms with Crippen LogP contribution in [0.4, 0.5) is 0 Å². The first-order valence-corrected chi connectivity index (χ1v) is 7.43. The van der Waals surface area contributed by atoms with Crippen LogP contribution in [0.3, 0.4) is 0 Å². The van der Waals surface area contributed by atoms with Gasteiger partial charge in [0.15, 0.2) is 11.5 Å². The number of nitrogens with zero attached hydrogens (tertiary/aromatic N) is 1. The zero-order chi connectivity index (χ0) is 17.2. The standard InChI is InChI=1S/C18H19NO5/c1-22-11-12-23-17-8-7-15(9-10-19(20)21)13-18(17)24-14-16-5-3-2-4-6-16/h2-10,13H,11-12,14H2,1H3. The van der Waals surface area contributed by atoms with Gasteiger partial charge in [0.1, 0.15) is 13.2 Å². The molecule has 0 amide bonds. The molecule has 0 aliphatic carbocycles. The summed E-state index contributed by atoms with van der Waals surface area (Å²) in [4.78, 5) is 9.95. The minimum Gasteiger partial charge on any atom is -0.487 e. The van der Waals surface area contributed by atoms with Crippen molar-refractivity contribution in [1.29, 1.82) is 0 Å². The first-order valence-electron chi connectivity index (χ1n) is 7.43. The largest absolute Gasteiger partial charge is 0.487 e. The van der Waals surface area contributed by atoms with Crippen LogP contribution in [0.5, 0.6) is 11.5 Å². The van der Waals surface area contributed by atoms with Gasteiger partial charge in [0, 0.05) is 13.2 Å². The Balaban J connectivity index is 2.15. The van der Waals surface area contributed by atoms with E-state index in [2.05, 4.69) is 0 Å². The minimum atomic E-state index is -0.506. The van der Waals surface area contributed by atoms with E-state index in [-0.39, 0.29) is 0 Å². The van der Waals surface area contributed by atoms with Crippen LogP contribution in [0.2, 0.25) is 0 Å². The van der Waals surface area contributed by atoms with Crippen molar-refractivity contribution in [2.45, 2.75) is 6.61 Å². The molecule has 0 saturated carbocycles. The van der Waals surface area contributed by atoms with E-state index in [1.165, 1.54) is 6.08 Å². The van der Waals surface area contributed by atoms with Crippen molar-refractivity contribution >= 4 is 6.08 Å². The van der Waals surface area contributed by atoms with Crippen molar-refractivity contribution in [2.75, 3.05) is 20.3 Å². The van der Waals surface area contributed by atoms with Crippen LogP contribution in [-0.2, 0) is 11.3 Å². The van der Waals surface area contributed by atoms with Gasteiger partial charge in [-0.2, -0.15) is 0 Å². The molecular formula is C18H19NO5. The maximum atomic E-state index is 10.5. The molecule has 0 aliphatic rings. The lowest BCUT2D eigenvalue weighted by molar-refractivity contribution is -0.400. The van der Waals surface area contributed by atoms with Gasteiger partial charge in [-0.15, -0.1) is 0 Å². The molecule has 0 fully saturated rings. The number of nitro groups is 1. The number of hydrogen-bond acceptors (Lipinski definition) is 5. The molecular weight excluding hydrogens is 310 g/mol. The zero-order valence-corrected chi connectivity index (χ0v) is 13.4. The summed E-state index contributed by atoms with van der Waals surface area (Å²) in [5.74, 6) is 1.10. The number of rotatable bonds is 9. The molecule has 24 heavy (non-hydrogen) atoms. The summed E-state index contributed by atoms with van der Waals surface area (Å²) in [6.45, 7) is 1.23. The third-order valence-corrected chi connectivity index (χ3v) is 3.14. The summed E-state index contributed by atoms with van der Waals surface area (Å²) in [5.41, 5.74) is 1.68. The molecule has 0 aromatic heterocycles. The highest BCUT2D eigenvalue weighted by molar-refractivity contribution is 5.55. The maximum Gasteiger partial charge on any atom is 0.235 e. The summed E-state index contributed by atoms with van der Waals surface area (Å²) in [7, 11) is 1.60. The van der Waals surface area contributed by atoms with Crippen molar-refractivity contribution in [3.05, 3.63) is 76.0 Å². The van der Waals surface area contributed by atoms with Gasteiger partial charge in [-0.25, -0.2) is 0 Å². The average molecular weight is 329 g/mol. The van der Waals surface area contributed by atoms with Crippen LogP contribution < -0.4 is 9.47 Å². The van der Waals surface area contributed by atoms with E-state index < -0.39 is 4.92 Å². The lowest BCUT2D eigenvalue weighted by atomic mass is 10.2. The fourth-order valence-corrected chi connectivity index (χ4v) is 1.98. The second kappa shape index (κ2) is 9.32. The average Bonchev–Trinajstić information content (AvgIpc) is 2.60. The van der Waals surface area contributed by atoms with Crippen LogP contribution in [0.15, 0.2) is 54.7 Å². The molecule has 6 nitrogen and oxygen atoms in total. The van der Waals surface area contributed by atoms with Gasteiger partial charge in [0.25, 0.3) is 0 Å². The molecule has 126 valence electrons. The van der Waals surface area contributed by atoms with Crippen LogP contribution >= 0.6 is 0 Å². The minimum absolute atomic E-state index is 0.379. The topological polar surface area (TPSA) is 70.8 Å². The van der Waals surface area contributed by atoms with E-state index >= 15 is 0 Å². The number of ether oxygens (including phenoxy) is 3. The summed E-state index contributed by atoms with van der Waals surface area (Å²) < 4.78 is 16.4. The third kappa shape index (κ3) is 5.73. The molecule has 2 rings (SSSR count). The summed E-state index contributed by atoms with van der Waals surface area (Å²) in [5, 5.41) is 10.5. The first-order chi connectivity index (χ1) is 11.7. The lowest BCUT2D eigenvalue weighted by Gasteiger charge is -2.13. The lowest BCUT2D eigenvalue weighted by Crippen LogP contribution is -2.06. The number of methoxy groups -OCH3 is 1. The Hall–Kier alpha value is -2.86. The Morgan fingerprint density at radius 2 is 1.83 bits per heavy atom. The molecule has 0 unspecified atom stereocenters. The van der Waals surface area contributed by atoms with Crippen LogP contribution in [0, 0.1) is 10.1 Å². The summed E-state index contributed by atoms with van der Waals surface area (Å²) >= 11 is 0. The smallest absolute Gasteiger partial charge is 0.235 e. The predicted octanol–water partition coefficient (Wildman–Crippen LogP) is 3.54. The molecule has 0 bridgehead atoms. The Kier molecular flexibility index (Phi) is 6.79. The van der Waals surface area contributed by atoms with Crippen molar-refractivity contribution in [2.24, 2.45) is 0 Å². The van der Waals surface area contributed by atoms with Gasteiger partial charge in [-0.05, 0) is 23.3 Å². The van der Waals surface area contributed by atoms with Crippen molar-refractivity contribution < 1.29 is 19.1 Å². The summed E-state index contributed by atoms with van der Waals surface area (Å²) in [6, 6.07) is 14.9. The highest BCUT2D eigenvalue weighted by Gasteiger charge is 2.07. The van der Waals surface area contributed by atoms with Crippen molar-refractivity contribution in [3.63, 3.8) is 0 Å². The molecule has 0 saturated heterocycles. The Morgan fingerprint density at radius 1 is 1.04 bits per heavy atom. The molecule has 0 N–H and O–H groups in total. The highest BCUT2D eigenvalue weighted by atomic mass is 16.6. The summed E-state index contributed by atoms with van der Waals surface area (Å²) in [6.07, 6.45) is 2.30. The highest BCUT2D eigenvalue weighted by Crippen LogP contribution is 2.29. The Bertz CT molecular complexity index is 685. The van der Waals surface area contributed by atoms with Gasteiger partial charge in [-0.1, -0.05) is 36.4 Å². The predicted molar refractivity (Wildman–Crippen MR) is 90.6 cm³/mol. The molecule has 0 aliphatic heterocycles. The molecule has 0 heterocycles. The van der Waals surface area contributed by atoms with Crippen LogP contribution in [0.1, 0.15) is 11.1 Å². The van der Waals surface area contributed by atoms with E-state index in [0.29, 0.717) is 36.9 Å². The molecule has 2 aromatic rings. The maximum absolute atomic E-state index is 10.5. The van der Waals surface area contributed by atoms with Gasteiger partial charge in [0.05, 0.1) is 11.5 Å². The molecule has 6 heteroatoms. The SMILES string of the molecule is COCCOc1ccc(C=C[N+](=O)[O-])cc1OCc1ccccc1. The van der Waals surface area contributed by atoms with Gasteiger partial charge in [-0.3, -0.25) is 10.1 Å². The molecule has 0 atom stereocenters. The van der Waals surface area contributed by atoms with Crippen LogP contribution in [-0.4, -0.2) is 25.2 Å². The van der Waals surface area contributed by atoms with Crippen molar-refractivity contribution in [3.8, 4) is 11.5 Å². The normalized spacial score (nSPS) is 10.7. The fourth-order valence-electron chi connectivity index (χ4n) is 1.98. The molecule has 2 aromatic carbocycles. The van der Waals surface area contributed by atoms with Gasteiger partial charge < -0.3 is 14.2 Å².